The zero-order chi connectivity index (χ0) is 11.7. The molecule has 0 saturated heterocycles. The summed E-state index contributed by atoms with van der Waals surface area (Å²) in [5, 5.41) is 0. The molecule has 0 fully saturated rings. The van der Waals surface area contributed by atoms with Crippen LogP contribution in [0.2, 0.25) is 0 Å². The minimum atomic E-state index is 0. The predicted molar refractivity (Wildman–Crippen MR) is 64.9 cm³/mol. The van der Waals surface area contributed by atoms with Crippen molar-refractivity contribution in [2.75, 3.05) is 0 Å². The standard InChI is InChI=1S/2C6H10.CO.Ru/c2*1-3-5-6-4-2;1-2;/h2*3-6H,1-2H3;;. The van der Waals surface area contributed by atoms with Gasteiger partial charge < -0.3 is 0 Å². The minimum absolute atomic E-state index is 0. The van der Waals surface area contributed by atoms with Crippen LogP contribution in [0.15, 0.2) is 48.6 Å². The molecule has 0 aliphatic carbocycles. The quantitative estimate of drug-likeness (QED) is 0.558. The predicted octanol–water partition coefficient (Wildman–Crippen LogP) is 3.88. The maximum Gasteiger partial charge on any atom is 0.281 e. The molecule has 2 radical (unpaired) electrons. The second-order valence-electron chi connectivity index (χ2n) is 2.10. The molecular weight excluding hydrogens is 273 g/mol. The number of hydrogen-bond donors (Lipinski definition) is 0. The average molecular weight is 293 g/mol. The molecule has 0 unspecified atom stereocenters. The summed E-state index contributed by atoms with van der Waals surface area (Å²) < 4.78 is 0. The summed E-state index contributed by atoms with van der Waals surface area (Å²) in [6.45, 7) is 12.5. The van der Waals surface area contributed by atoms with Gasteiger partial charge in [-0.25, -0.2) is 0 Å². The summed E-state index contributed by atoms with van der Waals surface area (Å²) in [6, 6.07) is 0. The van der Waals surface area contributed by atoms with Crippen LogP contribution in [-0.2, 0) is 24.3 Å². The van der Waals surface area contributed by atoms with Crippen LogP contribution in [-0.4, -0.2) is 6.79 Å². The summed E-state index contributed by atoms with van der Waals surface area (Å²) in [5.74, 6) is 0. The van der Waals surface area contributed by atoms with Crippen LogP contribution in [0, 0.1) is 0 Å². The Morgan fingerprint density at radius 2 is 0.733 bits per heavy atom. The molecule has 0 spiro atoms. The number of rotatable bonds is 2. The van der Waals surface area contributed by atoms with Crippen LogP contribution in [0.5, 0.6) is 0 Å². The Bertz CT molecular complexity index is 139. The van der Waals surface area contributed by atoms with E-state index in [0.717, 1.165) is 0 Å². The van der Waals surface area contributed by atoms with Gasteiger partial charge in [-0.2, -0.15) is 0 Å². The summed E-state index contributed by atoms with van der Waals surface area (Å²) in [4.78, 5) is 7.50. The van der Waals surface area contributed by atoms with Crippen LogP contribution >= 0.6 is 0 Å². The molecule has 0 bridgehead atoms. The summed E-state index contributed by atoms with van der Waals surface area (Å²) in [7, 11) is 0. The maximum atomic E-state index is 7.50. The van der Waals surface area contributed by atoms with E-state index in [1.54, 1.807) is 0 Å². The average Bonchev–Trinajstić information content (AvgIpc) is 2.27. The van der Waals surface area contributed by atoms with Gasteiger partial charge in [-0.15, -0.1) is 0 Å². The fourth-order valence-electron chi connectivity index (χ4n) is 0.444. The zero-order valence-corrected chi connectivity index (χ0v) is 11.6. The van der Waals surface area contributed by atoms with Crippen LogP contribution in [0.25, 0.3) is 0 Å². The zero-order valence-electron chi connectivity index (χ0n) is 9.88. The molecule has 1 nitrogen and oxygen atoms in total. The molecule has 0 N–H and O–H groups in total. The van der Waals surface area contributed by atoms with Crippen LogP contribution in [0.1, 0.15) is 27.7 Å². The third-order valence-electron chi connectivity index (χ3n) is 0.992. The Morgan fingerprint density at radius 1 is 0.600 bits per heavy atom. The third-order valence-corrected chi connectivity index (χ3v) is 0.992. The topological polar surface area (TPSA) is 17.1 Å². The van der Waals surface area contributed by atoms with Gasteiger partial charge in [0.05, 0.1) is 0 Å². The molecule has 0 atom stereocenters. The summed E-state index contributed by atoms with van der Waals surface area (Å²) >= 11 is 0. The summed E-state index contributed by atoms with van der Waals surface area (Å²) in [5.41, 5.74) is 0. The van der Waals surface area contributed by atoms with Gasteiger partial charge in [0.15, 0.2) is 0 Å². The summed E-state index contributed by atoms with van der Waals surface area (Å²) in [6.07, 6.45) is 16.0. The Kier molecular flexibility index (Phi) is 60.0. The van der Waals surface area contributed by atoms with Gasteiger partial charge >= 0.3 is 0 Å². The second-order valence-corrected chi connectivity index (χ2v) is 2.10. The van der Waals surface area contributed by atoms with Gasteiger partial charge in [0.1, 0.15) is 0 Å². The molecule has 0 aliphatic rings. The minimum Gasteiger partial charge on any atom is -0.281 e. The molecular formula is C13H20ORu. The molecule has 2 heteroatoms. The number of carbonyl (C=O) groups excluding carboxylic acids is 1. The smallest absolute Gasteiger partial charge is 0.281 e. The van der Waals surface area contributed by atoms with E-state index in [4.69, 9.17) is 4.79 Å². The van der Waals surface area contributed by atoms with Crippen molar-refractivity contribution in [3.8, 4) is 0 Å². The number of allylic oxidation sites excluding steroid dienone is 8. The molecule has 0 aromatic rings. The maximum absolute atomic E-state index is 7.50. The first-order chi connectivity index (χ1) is 6.83. The van der Waals surface area contributed by atoms with E-state index in [9.17, 15) is 0 Å². The number of hydrogen-bond acceptors (Lipinski definition) is 1. The van der Waals surface area contributed by atoms with Crippen LogP contribution in [0.3, 0.4) is 0 Å². The first-order valence-electron chi connectivity index (χ1n) is 4.51. The van der Waals surface area contributed by atoms with Crippen molar-refractivity contribution in [1.82, 2.24) is 0 Å². The first-order valence-corrected chi connectivity index (χ1v) is 4.51. The Balaban J connectivity index is -0.0000000653. The fourth-order valence-corrected chi connectivity index (χ4v) is 0.444. The van der Waals surface area contributed by atoms with Gasteiger partial charge in [-0.05, 0) is 27.7 Å². The van der Waals surface area contributed by atoms with Gasteiger partial charge in [0.2, 0.25) is 0 Å². The fraction of sp³-hybridized carbons (Fsp3) is 0.308. The monoisotopic (exact) mass is 294 g/mol. The third kappa shape index (κ3) is 60.8. The Labute approximate surface area is 107 Å². The van der Waals surface area contributed by atoms with Crippen molar-refractivity contribution in [3.63, 3.8) is 0 Å². The van der Waals surface area contributed by atoms with Gasteiger partial charge in [0, 0.05) is 19.5 Å². The molecule has 15 heavy (non-hydrogen) atoms. The van der Waals surface area contributed by atoms with Crippen LogP contribution in [0.4, 0.5) is 0 Å². The van der Waals surface area contributed by atoms with Crippen LogP contribution < -0.4 is 0 Å². The van der Waals surface area contributed by atoms with E-state index in [0.29, 0.717) is 0 Å². The largest absolute Gasteiger partial charge is 0.281 e. The second kappa shape index (κ2) is 37.8. The molecule has 0 saturated carbocycles. The van der Waals surface area contributed by atoms with E-state index in [1.807, 2.05) is 76.3 Å². The van der Waals surface area contributed by atoms with E-state index in [-0.39, 0.29) is 19.5 Å². The molecule has 0 aromatic heterocycles. The van der Waals surface area contributed by atoms with Crippen molar-refractivity contribution in [2.45, 2.75) is 27.7 Å². The SMILES string of the molecule is CC=CC=CC.CC=CC=CC.[C]=O.[Ru]. The Morgan fingerprint density at radius 3 is 0.800 bits per heavy atom. The van der Waals surface area contributed by atoms with Crippen molar-refractivity contribution in [1.29, 1.82) is 0 Å². The van der Waals surface area contributed by atoms with Gasteiger partial charge in [-0.1, -0.05) is 48.6 Å². The Hall–Kier alpha value is -0.747. The molecule has 86 valence electrons. The van der Waals surface area contributed by atoms with Crippen molar-refractivity contribution < 1.29 is 24.3 Å². The van der Waals surface area contributed by atoms with E-state index >= 15 is 0 Å². The molecule has 0 amide bonds. The molecule has 0 rings (SSSR count). The van der Waals surface area contributed by atoms with E-state index < -0.39 is 0 Å². The van der Waals surface area contributed by atoms with Crippen molar-refractivity contribution >= 4 is 6.79 Å². The first kappa shape index (κ1) is 23.8. The molecule has 0 aromatic carbocycles. The van der Waals surface area contributed by atoms with Gasteiger partial charge in [-0.3, -0.25) is 4.79 Å². The normalized spacial score (nSPS) is 9.60. The van der Waals surface area contributed by atoms with Crippen molar-refractivity contribution in [3.05, 3.63) is 48.6 Å². The van der Waals surface area contributed by atoms with E-state index in [1.165, 1.54) is 0 Å². The molecule has 0 heterocycles. The van der Waals surface area contributed by atoms with E-state index in [2.05, 4.69) is 6.79 Å². The van der Waals surface area contributed by atoms with Gasteiger partial charge in [0.25, 0.3) is 6.79 Å². The molecule has 0 aliphatic heterocycles. The van der Waals surface area contributed by atoms with Crippen molar-refractivity contribution in [2.24, 2.45) is 0 Å².